The number of benzene rings is 1. The normalized spacial score (nSPS) is 12.0. The summed E-state index contributed by atoms with van der Waals surface area (Å²) in [6.07, 6.45) is -0.270. The first-order valence-electron chi connectivity index (χ1n) is 5.66. The van der Waals surface area contributed by atoms with Gasteiger partial charge in [-0.05, 0) is 26.0 Å². The zero-order chi connectivity index (χ0) is 12.8. The van der Waals surface area contributed by atoms with Crippen LogP contribution >= 0.6 is 0 Å². The minimum atomic E-state index is -0.579. The topological polar surface area (TPSA) is 58.6 Å². The summed E-state index contributed by atoms with van der Waals surface area (Å²) in [6.45, 7) is 3.96. The maximum Gasteiger partial charge on any atom is 0.223 e. The molecular weight excluding hydrogens is 218 g/mol. The lowest BCUT2D eigenvalue weighted by atomic mass is 10.1. The zero-order valence-electron chi connectivity index (χ0n) is 10.5. The lowest BCUT2D eigenvalue weighted by Crippen LogP contribution is -2.20. The minimum absolute atomic E-state index is 0.0595. The van der Waals surface area contributed by atoms with Crippen molar-refractivity contribution in [2.45, 2.75) is 26.4 Å². The second-order valence-corrected chi connectivity index (χ2v) is 3.99. The van der Waals surface area contributed by atoms with E-state index in [0.717, 1.165) is 11.1 Å². The van der Waals surface area contributed by atoms with E-state index in [1.54, 1.807) is 14.0 Å². The standard InChI is InChI=1S/C13H19NO3/c1-9-4-5-12(11(8-9)10(2)15)17-7-6-13(16)14-3/h4-5,8,10,15H,6-7H2,1-3H3,(H,14,16)/t10-/m0/s1. The summed E-state index contributed by atoms with van der Waals surface area (Å²) in [4.78, 5) is 11.0. The number of aliphatic hydroxyl groups excluding tert-OH is 1. The van der Waals surface area contributed by atoms with Crippen molar-refractivity contribution in [3.05, 3.63) is 29.3 Å². The first-order chi connectivity index (χ1) is 8.04. The molecule has 0 aliphatic carbocycles. The quantitative estimate of drug-likeness (QED) is 0.817. The Kier molecular flexibility index (Phi) is 4.97. The van der Waals surface area contributed by atoms with Crippen molar-refractivity contribution < 1.29 is 14.6 Å². The Morgan fingerprint density at radius 3 is 2.82 bits per heavy atom. The van der Waals surface area contributed by atoms with Crippen LogP contribution < -0.4 is 10.1 Å². The maximum absolute atomic E-state index is 11.0. The first-order valence-corrected chi connectivity index (χ1v) is 5.66. The highest BCUT2D eigenvalue weighted by molar-refractivity contribution is 5.75. The Morgan fingerprint density at radius 2 is 2.24 bits per heavy atom. The Morgan fingerprint density at radius 1 is 1.53 bits per heavy atom. The number of rotatable bonds is 5. The predicted octanol–water partition coefficient (Wildman–Crippen LogP) is 1.56. The molecule has 4 heteroatoms. The summed E-state index contributed by atoms with van der Waals surface area (Å²) < 4.78 is 5.51. The van der Waals surface area contributed by atoms with Crippen molar-refractivity contribution in [2.75, 3.05) is 13.7 Å². The fraction of sp³-hybridized carbons (Fsp3) is 0.462. The van der Waals surface area contributed by atoms with E-state index < -0.39 is 6.10 Å². The minimum Gasteiger partial charge on any atom is -0.493 e. The SMILES string of the molecule is CNC(=O)CCOc1ccc(C)cc1[C@H](C)O. The summed E-state index contributed by atoms with van der Waals surface area (Å²) in [5.74, 6) is 0.574. The molecule has 4 nitrogen and oxygen atoms in total. The fourth-order valence-electron chi connectivity index (χ4n) is 1.50. The van der Waals surface area contributed by atoms with E-state index in [2.05, 4.69) is 5.32 Å². The smallest absolute Gasteiger partial charge is 0.223 e. The molecule has 1 aromatic carbocycles. The Balaban J connectivity index is 2.67. The summed E-state index contributed by atoms with van der Waals surface area (Å²) >= 11 is 0. The molecule has 1 amide bonds. The third kappa shape index (κ3) is 4.07. The van der Waals surface area contributed by atoms with Gasteiger partial charge in [0, 0.05) is 12.6 Å². The second kappa shape index (κ2) is 6.25. The van der Waals surface area contributed by atoms with Crippen LogP contribution in [0.2, 0.25) is 0 Å². The van der Waals surface area contributed by atoms with E-state index >= 15 is 0 Å². The van der Waals surface area contributed by atoms with Crippen molar-refractivity contribution in [2.24, 2.45) is 0 Å². The van der Waals surface area contributed by atoms with Crippen LogP contribution in [0.15, 0.2) is 18.2 Å². The number of ether oxygens (including phenoxy) is 1. The molecule has 0 spiro atoms. The molecule has 1 atom stereocenters. The zero-order valence-corrected chi connectivity index (χ0v) is 10.5. The van der Waals surface area contributed by atoms with Crippen molar-refractivity contribution in [1.29, 1.82) is 0 Å². The summed E-state index contributed by atoms with van der Waals surface area (Å²) in [5.41, 5.74) is 1.82. The Bertz CT molecular complexity index is 388. The van der Waals surface area contributed by atoms with Crippen LogP contribution in [-0.2, 0) is 4.79 Å². The molecule has 2 N–H and O–H groups in total. The van der Waals surface area contributed by atoms with Gasteiger partial charge in [-0.3, -0.25) is 4.79 Å². The molecule has 0 saturated carbocycles. The van der Waals surface area contributed by atoms with E-state index in [4.69, 9.17) is 4.74 Å². The van der Waals surface area contributed by atoms with Crippen molar-refractivity contribution in [3.8, 4) is 5.75 Å². The number of aryl methyl sites for hydroxylation is 1. The number of aliphatic hydroxyl groups is 1. The van der Waals surface area contributed by atoms with Gasteiger partial charge in [0.2, 0.25) is 5.91 Å². The van der Waals surface area contributed by atoms with Gasteiger partial charge in [0.05, 0.1) is 19.1 Å². The third-order valence-electron chi connectivity index (χ3n) is 2.48. The molecule has 0 aromatic heterocycles. The average Bonchev–Trinajstić information content (AvgIpc) is 2.30. The number of hydrogen-bond acceptors (Lipinski definition) is 3. The van der Waals surface area contributed by atoms with Crippen LogP contribution in [0.5, 0.6) is 5.75 Å². The molecule has 0 heterocycles. The van der Waals surface area contributed by atoms with E-state index in [1.807, 2.05) is 25.1 Å². The predicted molar refractivity (Wildman–Crippen MR) is 66.0 cm³/mol. The van der Waals surface area contributed by atoms with Crippen LogP contribution in [0.3, 0.4) is 0 Å². The molecule has 17 heavy (non-hydrogen) atoms. The van der Waals surface area contributed by atoms with Crippen LogP contribution in [0.25, 0.3) is 0 Å². The highest BCUT2D eigenvalue weighted by Crippen LogP contribution is 2.26. The number of carbonyl (C=O) groups is 1. The summed E-state index contributed by atoms with van der Waals surface area (Å²) in [7, 11) is 1.59. The fourth-order valence-corrected chi connectivity index (χ4v) is 1.50. The van der Waals surface area contributed by atoms with Gasteiger partial charge in [0.1, 0.15) is 5.75 Å². The number of amides is 1. The highest BCUT2D eigenvalue weighted by Gasteiger charge is 2.09. The van der Waals surface area contributed by atoms with Gasteiger partial charge in [0.15, 0.2) is 0 Å². The average molecular weight is 237 g/mol. The molecule has 1 rings (SSSR count). The number of carbonyl (C=O) groups excluding carboxylic acids is 1. The van der Waals surface area contributed by atoms with E-state index in [0.29, 0.717) is 18.8 Å². The number of hydrogen-bond donors (Lipinski definition) is 2. The maximum atomic E-state index is 11.0. The molecule has 0 unspecified atom stereocenters. The molecule has 0 radical (unpaired) electrons. The molecule has 0 bridgehead atoms. The van der Waals surface area contributed by atoms with Crippen LogP contribution in [0, 0.1) is 6.92 Å². The van der Waals surface area contributed by atoms with Gasteiger partial charge >= 0.3 is 0 Å². The lowest BCUT2D eigenvalue weighted by Gasteiger charge is -2.14. The van der Waals surface area contributed by atoms with Crippen molar-refractivity contribution >= 4 is 5.91 Å². The summed E-state index contributed by atoms with van der Waals surface area (Å²) in [5, 5.41) is 12.2. The van der Waals surface area contributed by atoms with Gasteiger partial charge < -0.3 is 15.2 Å². The number of nitrogens with one attached hydrogen (secondary N) is 1. The molecule has 0 fully saturated rings. The lowest BCUT2D eigenvalue weighted by molar-refractivity contribution is -0.121. The van der Waals surface area contributed by atoms with E-state index in [9.17, 15) is 9.90 Å². The Hall–Kier alpha value is -1.55. The molecule has 0 saturated heterocycles. The Labute approximate surface area is 102 Å². The van der Waals surface area contributed by atoms with Crippen LogP contribution in [0.4, 0.5) is 0 Å². The van der Waals surface area contributed by atoms with E-state index in [1.165, 1.54) is 0 Å². The highest BCUT2D eigenvalue weighted by atomic mass is 16.5. The molecule has 0 aliphatic rings. The van der Waals surface area contributed by atoms with Gasteiger partial charge in [-0.15, -0.1) is 0 Å². The van der Waals surface area contributed by atoms with Gasteiger partial charge in [-0.25, -0.2) is 0 Å². The largest absolute Gasteiger partial charge is 0.493 e. The van der Waals surface area contributed by atoms with Crippen LogP contribution in [0.1, 0.15) is 30.6 Å². The van der Waals surface area contributed by atoms with Gasteiger partial charge in [-0.1, -0.05) is 11.6 Å². The molecular formula is C13H19NO3. The third-order valence-corrected chi connectivity index (χ3v) is 2.48. The molecule has 0 aliphatic heterocycles. The van der Waals surface area contributed by atoms with Gasteiger partial charge in [-0.2, -0.15) is 0 Å². The summed E-state index contributed by atoms with van der Waals surface area (Å²) in [6, 6.07) is 5.63. The van der Waals surface area contributed by atoms with Crippen molar-refractivity contribution in [1.82, 2.24) is 5.32 Å². The van der Waals surface area contributed by atoms with Gasteiger partial charge in [0.25, 0.3) is 0 Å². The second-order valence-electron chi connectivity index (χ2n) is 3.99. The van der Waals surface area contributed by atoms with E-state index in [-0.39, 0.29) is 5.91 Å². The monoisotopic (exact) mass is 237 g/mol. The molecule has 1 aromatic rings. The van der Waals surface area contributed by atoms with Crippen molar-refractivity contribution in [3.63, 3.8) is 0 Å². The first kappa shape index (κ1) is 13.5. The molecule has 94 valence electrons. The van der Waals surface area contributed by atoms with Crippen LogP contribution in [-0.4, -0.2) is 24.7 Å².